The number of hydrogen-bond acceptors (Lipinski definition) is 2. The van der Waals surface area contributed by atoms with Crippen LogP contribution in [0.2, 0.25) is 0 Å². The van der Waals surface area contributed by atoms with Gasteiger partial charge in [0.05, 0.1) is 0 Å². The van der Waals surface area contributed by atoms with Crippen LogP contribution < -0.4 is 0 Å². The first-order chi connectivity index (χ1) is 8.77. The molecule has 0 aliphatic rings. The summed E-state index contributed by atoms with van der Waals surface area (Å²) in [5, 5.41) is 0.980. The molecule has 0 aliphatic carbocycles. The molecule has 3 aromatic rings. The first-order valence-electron chi connectivity index (χ1n) is 5.85. The second-order valence-corrected chi connectivity index (χ2v) is 4.22. The Bertz CT molecular complexity index is 708. The van der Waals surface area contributed by atoms with Crippen LogP contribution in [0.1, 0.15) is 17.5 Å². The molecule has 0 saturated carbocycles. The van der Waals surface area contributed by atoms with Crippen LogP contribution in [0.3, 0.4) is 0 Å². The SMILES string of the molecule is CC(=O)c1oc2ccccc2c1-c1ccccc1. The van der Waals surface area contributed by atoms with E-state index >= 15 is 0 Å². The molecule has 2 heteroatoms. The molecule has 0 bridgehead atoms. The average Bonchev–Trinajstić information content (AvgIpc) is 2.79. The number of ketones is 1. The lowest BCUT2D eigenvalue weighted by Crippen LogP contribution is -1.91. The van der Waals surface area contributed by atoms with E-state index in [2.05, 4.69) is 0 Å². The van der Waals surface area contributed by atoms with Crippen molar-refractivity contribution >= 4 is 16.8 Å². The Morgan fingerprint density at radius 1 is 0.944 bits per heavy atom. The van der Waals surface area contributed by atoms with Crippen LogP contribution in [0.5, 0.6) is 0 Å². The van der Waals surface area contributed by atoms with Gasteiger partial charge < -0.3 is 4.42 Å². The molecule has 2 aromatic carbocycles. The minimum absolute atomic E-state index is 0.0509. The Morgan fingerprint density at radius 3 is 2.33 bits per heavy atom. The summed E-state index contributed by atoms with van der Waals surface area (Å²) in [7, 11) is 0. The predicted octanol–water partition coefficient (Wildman–Crippen LogP) is 4.30. The Balaban J connectivity index is 2.38. The van der Waals surface area contributed by atoms with Gasteiger partial charge in [-0.25, -0.2) is 0 Å². The summed E-state index contributed by atoms with van der Waals surface area (Å²) in [6.07, 6.45) is 0. The smallest absolute Gasteiger partial charge is 0.195 e. The summed E-state index contributed by atoms with van der Waals surface area (Å²) in [5.74, 6) is 0.382. The van der Waals surface area contributed by atoms with Gasteiger partial charge in [0.1, 0.15) is 5.58 Å². The van der Waals surface area contributed by atoms with E-state index in [1.807, 2.05) is 54.6 Å². The van der Waals surface area contributed by atoms with Crippen molar-refractivity contribution in [3.8, 4) is 11.1 Å². The molecule has 0 spiro atoms. The van der Waals surface area contributed by atoms with Crippen molar-refractivity contribution in [3.05, 3.63) is 60.4 Å². The lowest BCUT2D eigenvalue weighted by Gasteiger charge is -2.00. The molecule has 1 aromatic heterocycles. The van der Waals surface area contributed by atoms with Crippen molar-refractivity contribution in [3.63, 3.8) is 0 Å². The fraction of sp³-hybridized carbons (Fsp3) is 0.0625. The minimum atomic E-state index is -0.0509. The first kappa shape index (κ1) is 10.8. The third-order valence-corrected chi connectivity index (χ3v) is 2.98. The second-order valence-electron chi connectivity index (χ2n) is 4.22. The minimum Gasteiger partial charge on any atom is -0.452 e. The molecule has 3 rings (SSSR count). The molecule has 0 atom stereocenters. The van der Waals surface area contributed by atoms with Gasteiger partial charge in [-0.2, -0.15) is 0 Å². The molecular formula is C16H12O2. The summed E-state index contributed by atoms with van der Waals surface area (Å²) >= 11 is 0. The van der Waals surface area contributed by atoms with Crippen LogP contribution in [0.25, 0.3) is 22.1 Å². The zero-order chi connectivity index (χ0) is 12.5. The standard InChI is InChI=1S/C16H12O2/c1-11(17)16-15(12-7-3-2-4-8-12)13-9-5-6-10-14(13)18-16/h2-10H,1H3. The monoisotopic (exact) mass is 236 g/mol. The fourth-order valence-corrected chi connectivity index (χ4v) is 2.18. The highest BCUT2D eigenvalue weighted by Gasteiger charge is 2.18. The fourth-order valence-electron chi connectivity index (χ4n) is 2.18. The Hall–Kier alpha value is -2.35. The first-order valence-corrected chi connectivity index (χ1v) is 5.85. The van der Waals surface area contributed by atoms with Crippen molar-refractivity contribution in [1.29, 1.82) is 0 Å². The number of carbonyl (C=O) groups is 1. The molecular weight excluding hydrogens is 224 g/mol. The maximum Gasteiger partial charge on any atom is 0.195 e. The molecule has 0 fully saturated rings. The van der Waals surface area contributed by atoms with Crippen LogP contribution in [0.15, 0.2) is 59.0 Å². The topological polar surface area (TPSA) is 30.2 Å². The number of carbonyl (C=O) groups excluding carboxylic acids is 1. The van der Waals surface area contributed by atoms with Gasteiger partial charge in [-0.3, -0.25) is 4.79 Å². The lowest BCUT2D eigenvalue weighted by molar-refractivity contribution is 0.0990. The van der Waals surface area contributed by atoms with E-state index in [-0.39, 0.29) is 5.78 Å². The van der Waals surface area contributed by atoms with Crippen molar-refractivity contribution in [2.45, 2.75) is 6.92 Å². The highest BCUT2D eigenvalue weighted by Crippen LogP contribution is 2.34. The van der Waals surface area contributed by atoms with Gasteiger partial charge in [0, 0.05) is 17.9 Å². The third-order valence-electron chi connectivity index (χ3n) is 2.98. The molecule has 18 heavy (non-hydrogen) atoms. The normalized spacial score (nSPS) is 10.7. The molecule has 0 unspecified atom stereocenters. The van der Waals surface area contributed by atoms with Crippen LogP contribution >= 0.6 is 0 Å². The van der Waals surface area contributed by atoms with Gasteiger partial charge >= 0.3 is 0 Å². The van der Waals surface area contributed by atoms with Crippen LogP contribution in [-0.2, 0) is 0 Å². The molecule has 1 heterocycles. The molecule has 0 N–H and O–H groups in total. The van der Waals surface area contributed by atoms with E-state index in [1.165, 1.54) is 6.92 Å². The molecule has 0 radical (unpaired) electrons. The van der Waals surface area contributed by atoms with Crippen molar-refractivity contribution in [2.75, 3.05) is 0 Å². The van der Waals surface area contributed by atoms with Gasteiger partial charge in [-0.15, -0.1) is 0 Å². The van der Waals surface area contributed by atoms with E-state index in [9.17, 15) is 4.79 Å². The van der Waals surface area contributed by atoms with Crippen LogP contribution in [-0.4, -0.2) is 5.78 Å². The average molecular weight is 236 g/mol. The zero-order valence-electron chi connectivity index (χ0n) is 10.0. The van der Waals surface area contributed by atoms with E-state index in [1.54, 1.807) is 0 Å². The number of fused-ring (bicyclic) bond motifs is 1. The predicted molar refractivity (Wildman–Crippen MR) is 71.7 cm³/mol. The van der Waals surface area contributed by atoms with E-state index in [4.69, 9.17) is 4.42 Å². The Labute approximate surface area is 105 Å². The number of hydrogen-bond donors (Lipinski definition) is 0. The lowest BCUT2D eigenvalue weighted by atomic mass is 10.0. The van der Waals surface area contributed by atoms with Crippen LogP contribution in [0.4, 0.5) is 0 Å². The van der Waals surface area contributed by atoms with Gasteiger partial charge in [0.2, 0.25) is 0 Å². The number of rotatable bonds is 2. The summed E-state index contributed by atoms with van der Waals surface area (Å²) in [6.45, 7) is 1.53. The van der Waals surface area contributed by atoms with Crippen molar-refractivity contribution in [2.24, 2.45) is 0 Å². The van der Waals surface area contributed by atoms with Gasteiger partial charge in [0.25, 0.3) is 0 Å². The van der Waals surface area contributed by atoms with Crippen molar-refractivity contribution in [1.82, 2.24) is 0 Å². The molecule has 0 aliphatic heterocycles. The Morgan fingerprint density at radius 2 is 1.61 bits per heavy atom. The summed E-state index contributed by atoms with van der Waals surface area (Å²) in [6, 6.07) is 17.6. The van der Waals surface area contributed by atoms with E-state index in [0.717, 1.165) is 22.1 Å². The second kappa shape index (κ2) is 4.15. The largest absolute Gasteiger partial charge is 0.452 e. The highest BCUT2D eigenvalue weighted by atomic mass is 16.3. The quantitative estimate of drug-likeness (QED) is 0.621. The van der Waals surface area contributed by atoms with E-state index < -0.39 is 0 Å². The summed E-state index contributed by atoms with van der Waals surface area (Å²) in [4.78, 5) is 11.7. The molecule has 0 saturated heterocycles. The number of benzene rings is 2. The maximum atomic E-state index is 11.7. The third kappa shape index (κ3) is 1.63. The van der Waals surface area contributed by atoms with Crippen molar-refractivity contribution < 1.29 is 9.21 Å². The highest BCUT2D eigenvalue weighted by molar-refractivity contribution is 6.07. The molecule has 0 amide bonds. The van der Waals surface area contributed by atoms with Crippen LogP contribution in [0, 0.1) is 0 Å². The summed E-state index contributed by atoms with van der Waals surface area (Å²) in [5.41, 5.74) is 2.65. The number of para-hydroxylation sites is 1. The number of furan rings is 1. The maximum absolute atomic E-state index is 11.7. The van der Waals surface area contributed by atoms with E-state index in [0.29, 0.717) is 5.76 Å². The molecule has 2 nitrogen and oxygen atoms in total. The van der Waals surface area contributed by atoms with Gasteiger partial charge in [-0.1, -0.05) is 48.5 Å². The number of Topliss-reactive ketones (excluding diaryl/α,β-unsaturated/α-hetero) is 1. The molecule has 88 valence electrons. The van der Waals surface area contributed by atoms with Gasteiger partial charge in [-0.05, 0) is 11.6 Å². The Kier molecular flexibility index (Phi) is 2.49. The summed E-state index contributed by atoms with van der Waals surface area (Å²) < 4.78 is 5.67. The zero-order valence-corrected chi connectivity index (χ0v) is 10.0. The van der Waals surface area contributed by atoms with Gasteiger partial charge in [0.15, 0.2) is 11.5 Å².